The van der Waals surface area contributed by atoms with Gasteiger partial charge in [0, 0.05) is 22.7 Å². The lowest BCUT2D eigenvalue weighted by Gasteiger charge is -2.30. The Morgan fingerprint density at radius 1 is 1.06 bits per heavy atom. The van der Waals surface area contributed by atoms with Crippen LogP contribution in [-0.4, -0.2) is 17.5 Å². The van der Waals surface area contributed by atoms with E-state index in [1.807, 2.05) is 61.5 Å². The molecule has 3 aromatic carbocycles. The summed E-state index contributed by atoms with van der Waals surface area (Å²) in [5.41, 5.74) is 5.36. The molecule has 7 heteroatoms. The van der Waals surface area contributed by atoms with Crippen LogP contribution in [0.3, 0.4) is 0 Å². The molecule has 0 aromatic heterocycles. The van der Waals surface area contributed by atoms with Gasteiger partial charge in [0.1, 0.15) is 0 Å². The van der Waals surface area contributed by atoms with Crippen molar-refractivity contribution < 1.29 is 14.6 Å². The minimum absolute atomic E-state index is 0.0460. The first kappa shape index (κ1) is 22.8. The van der Waals surface area contributed by atoms with Crippen LogP contribution in [0.2, 0.25) is 5.02 Å². The lowest BCUT2D eigenvalue weighted by Crippen LogP contribution is -2.27. The number of phenolic OH excluding ortho intramolecular Hbond substituents is 1. The van der Waals surface area contributed by atoms with Crippen molar-refractivity contribution in [3.8, 4) is 11.5 Å². The Bertz CT molecular complexity index is 1290. The van der Waals surface area contributed by atoms with E-state index in [9.17, 15) is 9.90 Å². The molecule has 2 aliphatic rings. The van der Waals surface area contributed by atoms with E-state index in [2.05, 4.69) is 26.6 Å². The Balaban J connectivity index is 1.62. The predicted molar refractivity (Wildman–Crippen MR) is 139 cm³/mol. The number of ether oxygens (including phenoxy) is 1. The number of benzene rings is 3. The molecule has 0 radical (unpaired) electrons. The Hall–Kier alpha value is -2.96. The Morgan fingerprint density at radius 3 is 2.53 bits per heavy atom. The first-order valence-electron chi connectivity index (χ1n) is 11.2. The van der Waals surface area contributed by atoms with Gasteiger partial charge in [-0.15, -0.1) is 0 Å². The van der Waals surface area contributed by atoms with Crippen molar-refractivity contribution in [2.45, 2.75) is 31.7 Å². The van der Waals surface area contributed by atoms with Gasteiger partial charge in [0.25, 0.3) is 0 Å². The number of halogens is 2. The number of Topliss-reactive ketones (excluding diaryl/α,β-unsaturated/α-hetero) is 1. The molecule has 0 amide bonds. The van der Waals surface area contributed by atoms with Crippen molar-refractivity contribution in [2.75, 3.05) is 17.2 Å². The van der Waals surface area contributed by atoms with Crippen LogP contribution in [0.4, 0.5) is 11.4 Å². The number of nitrogens with one attached hydrogen (secondary N) is 2. The molecule has 34 heavy (non-hydrogen) atoms. The van der Waals surface area contributed by atoms with E-state index in [1.165, 1.54) is 0 Å². The highest BCUT2D eigenvalue weighted by Crippen LogP contribution is 2.46. The molecule has 0 saturated carbocycles. The highest BCUT2D eigenvalue weighted by atomic mass is 79.9. The van der Waals surface area contributed by atoms with Gasteiger partial charge in [-0.3, -0.25) is 4.79 Å². The smallest absolute Gasteiger partial charge is 0.172 e. The van der Waals surface area contributed by atoms with Gasteiger partial charge < -0.3 is 20.5 Å². The van der Waals surface area contributed by atoms with Gasteiger partial charge >= 0.3 is 0 Å². The van der Waals surface area contributed by atoms with E-state index >= 15 is 0 Å². The third-order valence-corrected chi connectivity index (χ3v) is 7.19. The number of anilines is 2. The zero-order chi connectivity index (χ0) is 23.8. The van der Waals surface area contributed by atoms with Crippen LogP contribution in [0.1, 0.15) is 42.9 Å². The van der Waals surface area contributed by atoms with E-state index < -0.39 is 6.04 Å². The maximum atomic E-state index is 13.7. The molecule has 174 valence electrons. The number of rotatable bonds is 4. The van der Waals surface area contributed by atoms with Gasteiger partial charge in [0.15, 0.2) is 17.3 Å². The highest BCUT2D eigenvalue weighted by Gasteiger charge is 2.36. The van der Waals surface area contributed by atoms with E-state index in [4.69, 9.17) is 16.3 Å². The number of para-hydroxylation sites is 2. The normalized spacial score (nSPS) is 19.4. The SMILES string of the molecule is CCOc1cc([C@@H]2Nc3ccccc3NC3=C2C(=O)C[C@H](c2ccc(Cl)cc2)C3)cc(Br)c1O. The molecular formula is C27H24BrClN2O3. The van der Waals surface area contributed by atoms with Crippen molar-refractivity contribution in [3.63, 3.8) is 0 Å². The number of hydrogen-bond donors (Lipinski definition) is 3. The summed E-state index contributed by atoms with van der Waals surface area (Å²) in [5.74, 6) is 0.571. The molecule has 1 aliphatic heterocycles. The first-order chi connectivity index (χ1) is 16.4. The van der Waals surface area contributed by atoms with Crippen LogP contribution in [0.5, 0.6) is 11.5 Å². The molecular weight excluding hydrogens is 516 g/mol. The zero-order valence-electron chi connectivity index (χ0n) is 18.6. The van der Waals surface area contributed by atoms with Crippen LogP contribution >= 0.6 is 27.5 Å². The lowest BCUT2D eigenvalue weighted by molar-refractivity contribution is -0.116. The van der Waals surface area contributed by atoms with E-state index in [0.29, 0.717) is 40.3 Å². The number of phenols is 1. The fraction of sp³-hybridized carbons (Fsp3) is 0.222. The molecule has 0 unspecified atom stereocenters. The average Bonchev–Trinajstić information content (AvgIpc) is 2.99. The molecule has 0 spiro atoms. The number of carbonyl (C=O) groups excluding carboxylic acids is 1. The number of ketones is 1. The van der Waals surface area contributed by atoms with Gasteiger partial charge in [0.05, 0.1) is 28.5 Å². The molecule has 5 nitrogen and oxygen atoms in total. The third-order valence-electron chi connectivity index (χ3n) is 6.33. The number of hydrogen-bond acceptors (Lipinski definition) is 5. The van der Waals surface area contributed by atoms with Crippen LogP contribution in [0.15, 0.2) is 76.4 Å². The summed E-state index contributed by atoms with van der Waals surface area (Å²) in [6.07, 6.45) is 1.11. The quantitative estimate of drug-likeness (QED) is 0.327. The number of carbonyl (C=O) groups is 1. The second-order valence-electron chi connectivity index (χ2n) is 8.50. The monoisotopic (exact) mass is 538 g/mol. The number of allylic oxidation sites excluding steroid dienone is 1. The minimum Gasteiger partial charge on any atom is -0.503 e. The van der Waals surface area contributed by atoms with Crippen LogP contribution in [0, 0.1) is 0 Å². The molecule has 3 aromatic rings. The van der Waals surface area contributed by atoms with Gasteiger partial charge in [0.2, 0.25) is 0 Å². The average molecular weight is 540 g/mol. The molecule has 3 N–H and O–H groups in total. The summed E-state index contributed by atoms with van der Waals surface area (Å²) >= 11 is 9.53. The summed E-state index contributed by atoms with van der Waals surface area (Å²) in [6, 6.07) is 18.9. The van der Waals surface area contributed by atoms with Gasteiger partial charge in [-0.1, -0.05) is 35.9 Å². The minimum atomic E-state index is -0.402. The maximum absolute atomic E-state index is 13.7. The molecule has 1 aliphatic carbocycles. The summed E-state index contributed by atoms with van der Waals surface area (Å²) in [5, 5.41) is 18.2. The Morgan fingerprint density at radius 2 is 1.79 bits per heavy atom. The number of aromatic hydroxyl groups is 1. The third kappa shape index (κ3) is 4.28. The topological polar surface area (TPSA) is 70.6 Å². The summed E-state index contributed by atoms with van der Waals surface area (Å²) < 4.78 is 6.18. The van der Waals surface area contributed by atoms with Crippen molar-refractivity contribution in [1.29, 1.82) is 0 Å². The molecule has 1 heterocycles. The molecule has 0 fully saturated rings. The molecule has 0 saturated heterocycles. The number of fused-ring (bicyclic) bond motifs is 1. The molecule has 2 atom stereocenters. The summed E-state index contributed by atoms with van der Waals surface area (Å²) in [7, 11) is 0. The van der Waals surface area contributed by atoms with Gasteiger partial charge in [-0.25, -0.2) is 0 Å². The van der Waals surface area contributed by atoms with Crippen molar-refractivity contribution in [1.82, 2.24) is 0 Å². The van der Waals surface area contributed by atoms with Crippen LogP contribution < -0.4 is 15.4 Å². The van der Waals surface area contributed by atoms with Crippen molar-refractivity contribution in [2.24, 2.45) is 0 Å². The molecule has 0 bridgehead atoms. The standard InChI is InChI=1S/C27H24BrClN2O3/c1-2-34-24-14-17(11-19(28)27(24)33)26-25-22(30-20-5-3-4-6-21(20)31-26)12-16(13-23(25)32)15-7-9-18(29)10-8-15/h3-11,14,16,26,30-31,33H,2,12-13H2,1H3/t16-,26+/m1/s1. The second kappa shape index (κ2) is 9.35. The van der Waals surface area contributed by atoms with Crippen LogP contribution in [0.25, 0.3) is 0 Å². The van der Waals surface area contributed by atoms with E-state index in [0.717, 1.165) is 28.2 Å². The Labute approximate surface area is 211 Å². The van der Waals surface area contributed by atoms with Crippen LogP contribution in [-0.2, 0) is 4.79 Å². The Kier molecular flexibility index (Phi) is 6.28. The largest absolute Gasteiger partial charge is 0.503 e. The fourth-order valence-electron chi connectivity index (χ4n) is 4.74. The van der Waals surface area contributed by atoms with Gasteiger partial charge in [-0.05, 0) is 82.7 Å². The zero-order valence-corrected chi connectivity index (χ0v) is 20.9. The highest BCUT2D eigenvalue weighted by molar-refractivity contribution is 9.10. The fourth-order valence-corrected chi connectivity index (χ4v) is 5.32. The van der Waals surface area contributed by atoms with Crippen molar-refractivity contribution >= 4 is 44.7 Å². The lowest BCUT2D eigenvalue weighted by atomic mass is 9.78. The summed E-state index contributed by atoms with van der Waals surface area (Å²) in [4.78, 5) is 13.7. The van der Waals surface area contributed by atoms with Crippen molar-refractivity contribution in [3.05, 3.63) is 92.6 Å². The van der Waals surface area contributed by atoms with Gasteiger partial charge in [-0.2, -0.15) is 0 Å². The molecule has 5 rings (SSSR count). The predicted octanol–water partition coefficient (Wildman–Crippen LogP) is 7.19. The second-order valence-corrected chi connectivity index (χ2v) is 9.79. The summed E-state index contributed by atoms with van der Waals surface area (Å²) in [6.45, 7) is 2.29. The maximum Gasteiger partial charge on any atom is 0.172 e. The van der Waals surface area contributed by atoms with E-state index in [-0.39, 0.29) is 17.5 Å². The first-order valence-corrected chi connectivity index (χ1v) is 12.4. The van der Waals surface area contributed by atoms with E-state index in [1.54, 1.807) is 6.07 Å².